The van der Waals surface area contributed by atoms with E-state index in [1.54, 1.807) is 0 Å². The first-order chi connectivity index (χ1) is 10.0. The highest BCUT2D eigenvalue weighted by Crippen LogP contribution is 2.17. The largest absolute Gasteiger partial charge is 0.481 e. The Morgan fingerprint density at radius 3 is 2.81 bits per heavy atom. The minimum atomic E-state index is -0.726. The van der Waals surface area contributed by atoms with Crippen molar-refractivity contribution in [2.45, 2.75) is 64.8 Å². The molecule has 0 spiro atoms. The molecule has 0 saturated carbocycles. The first-order valence-corrected chi connectivity index (χ1v) is 8.27. The van der Waals surface area contributed by atoms with Gasteiger partial charge in [0.25, 0.3) is 0 Å². The van der Waals surface area contributed by atoms with Crippen molar-refractivity contribution in [2.24, 2.45) is 5.92 Å². The van der Waals surface area contributed by atoms with Gasteiger partial charge in [-0.25, -0.2) is 0 Å². The first kappa shape index (κ1) is 18.0. The van der Waals surface area contributed by atoms with Gasteiger partial charge < -0.3 is 15.3 Å². The Bertz CT molecular complexity index is 333. The van der Waals surface area contributed by atoms with Crippen LogP contribution in [-0.4, -0.2) is 47.6 Å². The number of hydrogen-bond donors (Lipinski definition) is 2. The number of rotatable bonds is 9. The van der Waals surface area contributed by atoms with Gasteiger partial charge in [-0.05, 0) is 52.1 Å². The maximum atomic E-state index is 12.2. The van der Waals surface area contributed by atoms with E-state index in [1.807, 2.05) is 0 Å². The second-order valence-corrected chi connectivity index (χ2v) is 6.19. The lowest BCUT2D eigenvalue weighted by Gasteiger charge is -2.32. The van der Waals surface area contributed by atoms with Crippen LogP contribution >= 0.6 is 0 Å². The van der Waals surface area contributed by atoms with Gasteiger partial charge in [-0.15, -0.1) is 0 Å². The molecule has 1 aliphatic heterocycles. The maximum Gasteiger partial charge on any atom is 0.303 e. The summed E-state index contributed by atoms with van der Waals surface area (Å²) in [5, 5.41) is 11.7. The normalized spacial score (nSPS) is 21.0. The minimum absolute atomic E-state index is 0.0949. The third kappa shape index (κ3) is 7.46. The molecule has 1 saturated heterocycles. The van der Waals surface area contributed by atoms with Crippen molar-refractivity contribution in [3.8, 4) is 0 Å². The summed E-state index contributed by atoms with van der Waals surface area (Å²) in [4.78, 5) is 25.0. The van der Waals surface area contributed by atoms with Crippen LogP contribution in [0.15, 0.2) is 0 Å². The third-order valence-corrected chi connectivity index (χ3v) is 4.10. The Balaban J connectivity index is 2.27. The highest BCUT2D eigenvalue weighted by molar-refractivity contribution is 5.79. The molecule has 1 amide bonds. The summed E-state index contributed by atoms with van der Waals surface area (Å²) in [6, 6.07) is 0.258. The molecule has 0 bridgehead atoms. The van der Waals surface area contributed by atoms with E-state index in [0.717, 1.165) is 58.2 Å². The van der Waals surface area contributed by atoms with Gasteiger partial charge in [0, 0.05) is 19.0 Å². The molecular formula is C16H30N2O3. The number of likely N-dealkylation sites (tertiary alicyclic amines) is 1. The Hall–Kier alpha value is -1.10. The number of unbranched alkanes of at least 4 members (excludes halogenated alkanes) is 1. The van der Waals surface area contributed by atoms with E-state index >= 15 is 0 Å². The predicted octanol–water partition coefficient (Wildman–Crippen LogP) is 2.26. The number of carboxylic acid groups (broad SMARTS) is 1. The second kappa shape index (κ2) is 9.77. The van der Waals surface area contributed by atoms with E-state index < -0.39 is 5.97 Å². The average molecular weight is 298 g/mol. The monoisotopic (exact) mass is 298 g/mol. The van der Waals surface area contributed by atoms with E-state index in [4.69, 9.17) is 5.11 Å². The van der Waals surface area contributed by atoms with Gasteiger partial charge in [0.2, 0.25) is 5.91 Å². The smallest absolute Gasteiger partial charge is 0.303 e. The number of amides is 1. The van der Waals surface area contributed by atoms with Crippen molar-refractivity contribution in [1.29, 1.82) is 0 Å². The molecule has 0 radical (unpaired) electrons. The standard InChI is InChI=1S/C16H30N2O3/c1-3-7-13(2)17-16(21)14-8-6-11-18(12-14)10-5-4-9-15(19)20/h13-14H,3-12H2,1-2H3,(H,17,21)(H,19,20). The molecular weight excluding hydrogens is 268 g/mol. The van der Waals surface area contributed by atoms with Crippen LogP contribution in [0.3, 0.4) is 0 Å². The molecule has 1 rings (SSSR count). The molecule has 1 fully saturated rings. The molecule has 5 nitrogen and oxygen atoms in total. The summed E-state index contributed by atoms with van der Waals surface area (Å²) in [7, 11) is 0. The van der Waals surface area contributed by atoms with Gasteiger partial charge in [0.05, 0.1) is 5.92 Å². The van der Waals surface area contributed by atoms with Crippen LogP contribution in [-0.2, 0) is 9.59 Å². The molecule has 2 N–H and O–H groups in total. The first-order valence-electron chi connectivity index (χ1n) is 8.27. The molecule has 0 aliphatic carbocycles. The fourth-order valence-electron chi connectivity index (χ4n) is 2.95. The summed E-state index contributed by atoms with van der Waals surface area (Å²) in [6.07, 6.45) is 5.99. The lowest BCUT2D eigenvalue weighted by atomic mass is 9.96. The van der Waals surface area contributed by atoms with E-state index in [1.165, 1.54) is 0 Å². The maximum absolute atomic E-state index is 12.2. The molecule has 2 atom stereocenters. The van der Waals surface area contributed by atoms with Gasteiger partial charge in [-0.2, -0.15) is 0 Å². The fourth-order valence-corrected chi connectivity index (χ4v) is 2.95. The van der Waals surface area contributed by atoms with Crippen molar-refractivity contribution in [3.05, 3.63) is 0 Å². The van der Waals surface area contributed by atoms with Crippen LogP contribution in [0, 0.1) is 5.92 Å². The second-order valence-electron chi connectivity index (χ2n) is 6.19. The number of carboxylic acids is 1. The third-order valence-electron chi connectivity index (χ3n) is 4.10. The fraction of sp³-hybridized carbons (Fsp3) is 0.875. The predicted molar refractivity (Wildman–Crippen MR) is 83.2 cm³/mol. The summed E-state index contributed by atoms with van der Waals surface area (Å²) in [5.41, 5.74) is 0. The highest BCUT2D eigenvalue weighted by atomic mass is 16.4. The molecule has 1 heterocycles. The lowest BCUT2D eigenvalue weighted by Crippen LogP contribution is -2.45. The SMILES string of the molecule is CCCC(C)NC(=O)C1CCCN(CCCCC(=O)O)C1. The van der Waals surface area contributed by atoms with Gasteiger partial charge in [0.1, 0.15) is 0 Å². The van der Waals surface area contributed by atoms with Crippen LogP contribution in [0.5, 0.6) is 0 Å². The van der Waals surface area contributed by atoms with Gasteiger partial charge >= 0.3 is 5.97 Å². The summed E-state index contributed by atoms with van der Waals surface area (Å²) in [5.74, 6) is -0.445. The Morgan fingerprint density at radius 1 is 1.38 bits per heavy atom. The number of nitrogens with one attached hydrogen (secondary N) is 1. The van der Waals surface area contributed by atoms with Crippen LogP contribution in [0.25, 0.3) is 0 Å². The van der Waals surface area contributed by atoms with Crippen LogP contribution in [0.4, 0.5) is 0 Å². The number of piperidine rings is 1. The van der Waals surface area contributed by atoms with Crippen molar-refractivity contribution >= 4 is 11.9 Å². The molecule has 5 heteroatoms. The zero-order chi connectivity index (χ0) is 15.7. The van der Waals surface area contributed by atoms with Crippen molar-refractivity contribution in [1.82, 2.24) is 10.2 Å². The Labute approximate surface area is 128 Å². The number of hydrogen-bond acceptors (Lipinski definition) is 3. The number of nitrogens with zero attached hydrogens (tertiary/aromatic N) is 1. The van der Waals surface area contributed by atoms with Gasteiger partial charge in [0.15, 0.2) is 0 Å². The topological polar surface area (TPSA) is 69.6 Å². The molecule has 0 aromatic heterocycles. The molecule has 21 heavy (non-hydrogen) atoms. The zero-order valence-corrected chi connectivity index (χ0v) is 13.4. The highest BCUT2D eigenvalue weighted by Gasteiger charge is 2.26. The van der Waals surface area contributed by atoms with E-state index in [9.17, 15) is 9.59 Å². The van der Waals surface area contributed by atoms with E-state index in [2.05, 4.69) is 24.1 Å². The summed E-state index contributed by atoms with van der Waals surface area (Å²) in [6.45, 7) is 6.94. The molecule has 0 aromatic rings. The molecule has 0 aromatic carbocycles. The van der Waals surface area contributed by atoms with Crippen LogP contribution in [0.2, 0.25) is 0 Å². The quantitative estimate of drug-likeness (QED) is 0.641. The van der Waals surface area contributed by atoms with Crippen LogP contribution < -0.4 is 5.32 Å². The zero-order valence-electron chi connectivity index (χ0n) is 13.4. The van der Waals surface area contributed by atoms with Crippen molar-refractivity contribution < 1.29 is 14.7 Å². The van der Waals surface area contributed by atoms with E-state index in [-0.39, 0.29) is 24.3 Å². The average Bonchev–Trinajstić information content (AvgIpc) is 2.44. The van der Waals surface area contributed by atoms with Gasteiger partial charge in [-0.3, -0.25) is 9.59 Å². The molecule has 1 aliphatic rings. The summed E-state index contributed by atoms with van der Waals surface area (Å²) >= 11 is 0. The molecule has 122 valence electrons. The Morgan fingerprint density at radius 2 is 2.14 bits per heavy atom. The van der Waals surface area contributed by atoms with Crippen molar-refractivity contribution in [2.75, 3.05) is 19.6 Å². The lowest BCUT2D eigenvalue weighted by molar-refractivity contribution is -0.137. The molecule has 2 unspecified atom stereocenters. The number of carbonyl (C=O) groups excluding carboxylic acids is 1. The number of carbonyl (C=O) groups is 2. The van der Waals surface area contributed by atoms with Gasteiger partial charge in [-0.1, -0.05) is 13.3 Å². The summed E-state index contributed by atoms with van der Waals surface area (Å²) < 4.78 is 0. The van der Waals surface area contributed by atoms with Crippen LogP contribution in [0.1, 0.15) is 58.8 Å². The number of aliphatic carboxylic acids is 1. The Kier molecular flexibility index (Phi) is 8.35. The minimum Gasteiger partial charge on any atom is -0.481 e. The van der Waals surface area contributed by atoms with E-state index in [0.29, 0.717) is 0 Å². The van der Waals surface area contributed by atoms with Crippen molar-refractivity contribution in [3.63, 3.8) is 0 Å².